The molecule has 6 aromatic carbocycles. The van der Waals surface area contributed by atoms with Gasteiger partial charge < -0.3 is 0 Å². The third-order valence-electron chi connectivity index (χ3n) is 8.02. The quantitative estimate of drug-likeness (QED) is 0.255. The summed E-state index contributed by atoms with van der Waals surface area (Å²) in [6.07, 6.45) is 0.699. The number of hydrogen-bond donors (Lipinski definition) is 0. The maximum atomic E-state index is 13.4. The molecular formula is C35H20O2. The van der Waals surface area contributed by atoms with Crippen LogP contribution < -0.4 is 0 Å². The van der Waals surface area contributed by atoms with E-state index in [-0.39, 0.29) is 11.6 Å². The first-order chi connectivity index (χ1) is 18.2. The van der Waals surface area contributed by atoms with E-state index in [1.807, 2.05) is 60.7 Å². The highest BCUT2D eigenvalue weighted by atomic mass is 16.1. The molecule has 0 radical (unpaired) electrons. The zero-order valence-electron chi connectivity index (χ0n) is 19.9. The van der Waals surface area contributed by atoms with Crippen LogP contribution in [0.5, 0.6) is 0 Å². The fourth-order valence-electron chi connectivity index (χ4n) is 6.43. The molecule has 0 atom stereocenters. The van der Waals surface area contributed by atoms with Gasteiger partial charge in [0.15, 0.2) is 11.6 Å². The van der Waals surface area contributed by atoms with Crippen LogP contribution in [-0.2, 0) is 6.42 Å². The van der Waals surface area contributed by atoms with Crippen LogP contribution in [0.1, 0.15) is 43.0 Å². The molecule has 0 saturated carbocycles. The van der Waals surface area contributed by atoms with Gasteiger partial charge in [-0.1, -0.05) is 109 Å². The maximum absolute atomic E-state index is 13.4. The van der Waals surface area contributed by atoms with Gasteiger partial charge in [0.25, 0.3) is 0 Å². The predicted octanol–water partition coefficient (Wildman–Crippen LogP) is 8.01. The van der Waals surface area contributed by atoms with Gasteiger partial charge in [-0.25, -0.2) is 0 Å². The van der Waals surface area contributed by atoms with E-state index in [0.717, 1.165) is 66.1 Å². The van der Waals surface area contributed by atoms with Crippen molar-refractivity contribution in [2.45, 2.75) is 6.42 Å². The molecule has 0 N–H and O–H groups in total. The van der Waals surface area contributed by atoms with Crippen LogP contribution in [-0.4, -0.2) is 11.6 Å². The molecule has 0 bridgehead atoms. The van der Waals surface area contributed by atoms with Gasteiger partial charge in [0.2, 0.25) is 0 Å². The fourth-order valence-corrected chi connectivity index (χ4v) is 6.43. The van der Waals surface area contributed by atoms with Crippen molar-refractivity contribution in [3.63, 3.8) is 0 Å². The van der Waals surface area contributed by atoms with Crippen LogP contribution in [0, 0.1) is 0 Å². The lowest BCUT2D eigenvalue weighted by Gasteiger charge is -2.25. The van der Waals surface area contributed by atoms with Crippen molar-refractivity contribution in [2.24, 2.45) is 0 Å². The van der Waals surface area contributed by atoms with Gasteiger partial charge in [0.1, 0.15) is 0 Å². The van der Waals surface area contributed by atoms with Crippen LogP contribution >= 0.6 is 0 Å². The van der Waals surface area contributed by atoms with Gasteiger partial charge in [-0.2, -0.15) is 0 Å². The van der Waals surface area contributed by atoms with Gasteiger partial charge >= 0.3 is 0 Å². The number of carbonyl (C=O) groups is 2. The predicted molar refractivity (Wildman–Crippen MR) is 148 cm³/mol. The molecule has 37 heavy (non-hydrogen) atoms. The number of carbonyl (C=O) groups excluding carboxylic acids is 2. The van der Waals surface area contributed by atoms with Crippen molar-refractivity contribution in [1.82, 2.24) is 0 Å². The zero-order valence-corrected chi connectivity index (χ0v) is 19.9. The first kappa shape index (κ1) is 20.4. The SMILES string of the molecule is O=C1c2ccccc2-c2c(Cc3ccc4cccc5c4c3-c3ccccc3C5=O)ccc3cccc1c23. The molecule has 0 unspecified atom stereocenters. The molecular weight excluding hydrogens is 452 g/mol. The Morgan fingerprint density at radius 2 is 0.784 bits per heavy atom. The topological polar surface area (TPSA) is 34.1 Å². The van der Waals surface area contributed by atoms with Gasteiger partial charge in [-0.05, 0) is 50.6 Å². The van der Waals surface area contributed by atoms with E-state index in [1.54, 1.807) is 0 Å². The van der Waals surface area contributed by atoms with Crippen molar-refractivity contribution in [2.75, 3.05) is 0 Å². The fraction of sp³-hybridized carbons (Fsp3) is 0.0286. The lowest BCUT2D eigenvalue weighted by atomic mass is 9.77. The molecule has 0 aromatic heterocycles. The standard InChI is InChI=1S/C35H20O2/c36-34-26-11-3-1-9-24(26)32-22(17-15-20-7-5-13-28(34)30(20)32)19-23-18-16-21-8-6-14-29-31(21)33(23)25-10-2-4-12-27(25)35(29)37/h1-18H,19H2. The summed E-state index contributed by atoms with van der Waals surface area (Å²) < 4.78 is 0. The maximum Gasteiger partial charge on any atom is 0.194 e. The van der Waals surface area contributed by atoms with E-state index in [1.165, 1.54) is 11.1 Å². The van der Waals surface area contributed by atoms with Gasteiger partial charge in [0, 0.05) is 33.0 Å². The van der Waals surface area contributed by atoms with Crippen molar-refractivity contribution in [3.8, 4) is 22.3 Å². The second kappa shape index (κ2) is 7.35. The van der Waals surface area contributed by atoms with E-state index in [9.17, 15) is 9.59 Å². The second-order valence-electron chi connectivity index (χ2n) is 9.93. The third kappa shape index (κ3) is 2.70. The van der Waals surface area contributed by atoms with E-state index in [0.29, 0.717) is 6.42 Å². The molecule has 8 rings (SSSR count). The number of benzene rings is 6. The minimum atomic E-state index is 0.0868. The first-order valence-electron chi connectivity index (χ1n) is 12.6. The Labute approximate surface area is 213 Å². The third-order valence-corrected chi connectivity index (χ3v) is 8.02. The number of fused-ring (bicyclic) bond motifs is 4. The van der Waals surface area contributed by atoms with Crippen LogP contribution in [0.25, 0.3) is 43.8 Å². The highest BCUT2D eigenvalue weighted by molar-refractivity contribution is 6.27. The summed E-state index contributed by atoms with van der Waals surface area (Å²) in [5, 5.41) is 4.23. The lowest BCUT2D eigenvalue weighted by Crippen LogP contribution is -2.13. The molecule has 0 heterocycles. The molecule has 172 valence electrons. The van der Waals surface area contributed by atoms with E-state index in [4.69, 9.17) is 0 Å². The van der Waals surface area contributed by atoms with Crippen LogP contribution in [0.3, 0.4) is 0 Å². The zero-order chi connectivity index (χ0) is 24.7. The van der Waals surface area contributed by atoms with Crippen LogP contribution in [0.2, 0.25) is 0 Å². The average Bonchev–Trinajstić information content (AvgIpc) is 2.95. The summed E-state index contributed by atoms with van der Waals surface area (Å²) in [6.45, 7) is 0. The van der Waals surface area contributed by atoms with Gasteiger partial charge in [-0.3, -0.25) is 9.59 Å². The van der Waals surface area contributed by atoms with Gasteiger partial charge in [-0.15, -0.1) is 0 Å². The Balaban J connectivity index is 1.43. The van der Waals surface area contributed by atoms with E-state index in [2.05, 4.69) is 48.5 Å². The minimum absolute atomic E-state index is 0.0868. The Morgan fingerprint density at radius 3 is 1.24 bits per heavy atom. The highest BCUT2D eigenvalue weighted by Gasteiger charge is 2.29. The molecule has 0 aliphatic heterocycles. The van der Waals surface area contributed by atoms with Crippen LogP contribution in [0.4, 0.5) is 0 Å². The molecule has 2 nitrogen and oxygen atoms in total. The molecule has 2 aliphatic carbocycles. The monoisotopic (exact) mass is 472 g/mol. The van der Waals surface area contributed by atoms with E-state index < -0.39 is 0 Å². The summed E-state index contributed by atoms with van der Waals surface area (Å²) in [6, 6.07) is 36.6. The lowest BCUT2D eigenvalue weighted by molar-refractivity contribution is 0.103. The molecule has 6 aromatic rings. The Bertz CT molecular complexity index is 1850. The molecule has 0 fully saturated rings. The summed E-state index contributed by atoms with van der Waals surface area (Å²) in [5.74, 6) is 0.174. The normalized spacial score (nSPS) is 13.1. The number of rotatable bonds is 2. The first-order valence-corrected chi connectivity index (χ1v) is 12.6. The molecule has 0 spiro atoms. The van der Waals surface area contributed by atoms with E-state index >= 15 is 0 Å². The van der Waals surface area contributed by atoms with Crippen molar-refractivity contribution < 1.29 is 9.59 Å². The minimum Gasteiger partial charge on any atom is -0.289 e. The van der Waals surface area contributed by atoms with Crippen molar-refractivity contribution in [1.29, 1.82) is 0 Å². The van der Waals surface area contributed by atoms with Gasteiger partial charge in [0.05, 0.1) is 0 Å². The Morgan fingerprint density at radius 1 is 0.378 bits per heavy atom. The molecule has 0 saturated heterocycles. The largest absolute Gasteiger partial charge is 0.289 e. The Kier molecular flexibility index (Phi) is 4.05. The Hall–Kier alpha value is -4.82. The average molecular weight is 473 g/mol. The second-order valence-corrected chi connectivity index (χ2v) is 9.93. The molecule has 2 aliphatic rings. The van der Waals surface area contributed by atoms with Crippen molar-refractivity contribution >= 4 is 33.1 Å². The van der Waals surface area contributed by atoms with Crippen LogP contribution in [0.15, 0.2) is 109 Å². The molecule has 0 amide bonds. The summed E-state index contributed by atoms with van der Waals surface area (Å²) >= 11 is 0. The highest BCUT2D eigenvalue weighted by Crippen LogP contribution is 2.45. The summed E-state index contributed by atoms with van der Waals surface area (Å²) in [7, 11) is 0. The molecule has 2 heteroatoms. The number of ketones is 2. The number of hydrogen-bond acceptors (Lipinski definition) is 2. The summed E-state index contributed by atoms with van der Waals surface area (Å²) in [5.41, 5.74) is 9.70. The smallest absolute Gasteiger partial charge is 0.194 e. The van der Waals surface area contributed by atoms with Crippen molar-refractivity contribution in [3.05, 3.63) is 143 Å². The summed E-state index contributed by atoms with van der Waals surface area (Å²) in [4.78, 5) is 26.8.